The van der Waals surface area contributed by atoms with Crippen LogP contribution in [-0.4, -0.2) is 54.7 Å². The Kier molecular flexibility index (Phi) is 3.33. The molecule has 124 valence electrons. The first kappa shape index (κ1) is 14.8. The van der Waals surface area contributed by atoms with Gasteiger partial charge in [0.05, 0.1) is 11.0 Å². The number of carbonyl (C=O) groups is 2. The van der Waals surface area contributed by atoms with Gasteiger partial charge in [-0.05, 0) is 30.9 Å². The van der Waals surface area contributed by atoms with Crippen molar-refractivity contribution in [2.75, 3.05) is 13.1 Å². The maximum absolute atomic E-state index is 12.7. The highest BCUT2D eigenvalue weighted by Crippen LogP contribution is 2.49. The Labute approximate surface area is 138 Å². The smallest absolute Gasteiger partial charge is 0.311 e. The molecule has 0 spiro atoms. The maximum atomic E-state index is 12.7. The number of rotatable bonds is 3. The molecule has 2 atom stereocenters. The minimum Gasteiger partial charge on any atom is -0.481 e. The van der Waals surface area contributed by atoms with E-state index in [1.165, 1.54) is 23.5 Å². The number of aliphatic carboxylic acids is 1. The summed E-state index contributed by atoms with van der Waals surface area (Å²) in [5.41, 5.74) is -0.302. The summed E-state index contributed by atoms with van der Waals surface area (Å²) >= 11 is 0. The Morgan fingerprint density at radius 3 is 2.83 bits per heavy atom. The minimum absolute atomic E-state index is 0.0568. The quantitative estimate of drug-likeness (QED) is 0.902. The molecule has 1 saturated heterocycles. The van der Waals surface area contributed by atoms with Crippen molar-refractivity contribution in [2.24, 2.45) is 11.3 Å². The zero-order chi connectivity index (χ0) is 16.7. The van der Waals surface area contributed by atoms with Crippen LogP contribution in [0.5, 0.6) is 0 Å². The molecule has 1 amide bonds. The summed E-state index contributed by atoms with van der Waals surface area (Å²) in [5.74, 6) is -0.312. The number of aromatic nitrogens is 4. The van der Waals surface area contributed by atoms with Gasteiger partial charge in [0.2, 0.25) is 0 Å². The first-order chi connectivity index (χ1) is 11.6. The molecular weight excluding hydrogens is 310 g/mol. The first-order valence-electron chi connectivity index (χ1n) is 7.94. The fraction of sp³-hybridized carbons (Fsp3) is 0.438. The van der Waals surface area contributed by atoms with Crippen LogP contribution >= 0.6 is 0 Å². The largest absolute Gasteiger partial charge is 0.481 e. The van der Waals surface area contributed by atoms with Gasteiger partial charge < -0.3 is 10.0 Å². The van der Waals surface area contributed by atoms with E-state index >= 15 is 0 Å². The van der Waals surface area contributed by atoms with Gasteiger partial charge in [0.1, 0.15) is 12.7 Å². The molecule has 8 heteroatoms. The van der Waals surface area contributed by atoms with Crippen LogP contribution in [0.1, 0.15) is 29.6 Å². The van der Waals surface area contributed by atoms with Crippen molar-refractivity contribution in [1.29, 1.82) is 0 Å². The van der Waals surface area contributed by atoms with Gasteiger partial charge >= 0.3 is 5.97 Å². The van der Waals surface area contributed by atoms with E-state index in [0.717, 1.165) is 12.8 Å². The van der Waals surface area contributed by atoms with Gasteiger partial charge in [-0.15, -0.1) is 0 Å². The summed E-state index contributed by atoms with van der Waals surface area (Å²) in [4.78, 5) is 34.2. The molecule has 0 unspecified atom stereocenters. The average Bonchev–Trinajstić information content (AvgIpc) is 3.29. The van der Waals surface area contributed by atoms with Gasteiger partial charge in [-0.3, -0.25) is 9.59 Å². The van der Waals surface area contributed by atoms with Gasteiger partial charge in [0, 0.05) is 19.3 Å². The van der Waals surface area contributed by atoms with Gasteiger partial charge in [-0.2, -0.15) is 5.10 Å². The van der Waals surface area contributed by atoms with Gasteiger partial charge in [0.15, 0.2) is 5.82 Å². The molecule has 4 rings (SSSR count). The highest BCUT2D eigenvalue weighted by atomic mass is 16.4. The topological polar surface area (TPSA) is 101 Å². The Balaban J connectivity index is 1.53. The average molecular weight is 327 g/mol. The van der Waals surface area contributed by atoms with Gasteiger partial charge in [0.25, 0.3) is 5.91 Å². The molecule has 0 radical (unpaired) electrons. The van der Waals surface area contributed by atoms with E-state index in [1.54, 1.807) is 17.0 Å². The van der Waals surface area contributed by atoms with E-state index in [9.17, 15) is 14.7 Å². The predicted molar refractivity (Wildman–Crippen MR) is 82.5 cm³/mol. The molecule has 1 saturated carbocycles. The summed E-state index contributed by atoms with van der Waals surface area (Å²) < 4.78 is 1.51. The van der Waals surface area contributed by atoms with Crippen molar-refractivity contribution in [3.63, 3.8) is 0 Å². The molecule has 8 nitrogen and oxygen atoms in total. The number of nitrogens with zero attached hydrogens (tertiary/aromatic N) is 5. The molecule has 2 aromatic heterocycles. The van der Waals surface area contributed by atoms with Gasteiger partial charge in [-0.1, -0.05) is 6.42 Å². The van der Waals surface area contributed by atoms with Crippen LogP contribution in [0.4, 0.5) is 0 Å². The molecule has 1 N–H and O–H groups in total. The van der Waals surface area contributed by atoms with Crippen molar-refractivity contribution < 1.29 is 14.7 Å². The lowest BCUT2D eigenvalue weighted by Crippen LogP contribution is -2.37. The summed E-state index contributed by atoms with van der Waals surface area (Å²) in [5, 5.41) is 13.6. The maximum Gasteiger partial charge on any atom is 0.311 e. The second kappa shape index (κ2) is 5.40. The second-order valence-electron chi connectivity index (χ2n) is 6.48. The summed E-state index contributed by atoms with van der Waals surface area (Å²) in [6.07, 6.45) is 6.89. The number of hydrogen-bond donors (Lipinski definition) is 1. The van der Waals surface area contributed by atoms with Crippen LogP contribution in [0.3, 0.4) is 0 Å². The fourth-order valence-electron chi connectivity index (χ4n) is 3.95. The highest BCUT2D eigenvalue weighted by molar-refractivity contribution is 5.95. The third kappa shape index (κ3) is 2.17. The van der Waals surface area contributed by atoms with E-state index in [4.69, 9.17) is 0 Å². The Morgan fingerprint density at radius 2 is 2.21 bits per heavy atom. The zero-order valence-corrected chi connectivity index (χ0v) is 13.0. The lowest BCUT2D eigenvalue weighted by molar-refractivity contribution is -0.149. The van der Waals surface area contributed by atoms with Crippen molar-refractivity contribution in [2.45, 2.75) is 19.3 Å². The molecule has 1 aliphatic heterocycles. The normalized spacial score (nSPS) is 25.7. The SMILES string of the molecule is O=C(c1ccc(-n2cncn2)nc1)N1C[C@@H]2CCC[C@@]2(C(=O)O)C1. The molecule has 24 heavy (non-hydrogen) atoms. The third-order valence-electron chi connectivity index (χ3n) is 5.23. The fourth-order valence-corrected chi connectivity index (χ4v) is 3.95. The van der Waals surface area contributed by atoms with Crippen LogP contribution in [-0.2, 0) is 4.79 Å². The summed E-state index contributed by atoms with van der Waals surface area (Å²) in [6.45, 7) is 0.798. The second-order valence-corrected chi connectivity index (χ2v) is 6.48. The lowest BCUT2D eigenvalue weighted by atomic mass is 9.81. The number of hydrogen-bond acceptors (Lipinski definition) is 5. The minimum atomic E-state index is -0.778. The number of fused-ring (bicyclic) bond motifs is 1. The number of pyridine rings is 1. The summed E-state index contributed by atoms with van der Waals surface area (Å²) in [7, 11) is 0. The third-order valence-corrected chi connectivity index (χ3v) is 5.23. The standard InChI is InChI=1S/C16H17N5O3/c22-14(11-3-4-13(18-6-11)21-10-17-9-19-21)20-7-12-2-1-5-16(12,8-20)15(23)24/h3-4,6,9-10,12H,1-2,5,7-8H2,(H,23,24)/t12-,16+/m0/s1. The van der Waals surface area contributed by atoms with E-state index in [-0.39, 0.29) is 18.4 Å². The number of carbonyl (C=O) groups excluding carboxylic acids is 1. The number of amides is 1. The van der Waals surface area contributed by atoms with Crippen molar-refractivity contribution in [1.82, 2.24) is 24.6 Å². The van der Waals surface area contributed by atoms with Crippen LogP contribution < -0.4 is 0 Å². The Bertz CT molecular complexity index is 774. The number of carboxylic acid groups (broad SMARTS) is 1. The highest BCUT2D eigenvalue weighted by Gasteiger charge is 2.55. The van der Waals surface area contributed by atoms with Crippen LogP contribution in [0, 0.1) is 11.3 Å². The molecule has 0 aromatic carbocycles. The van der Waals surface area contributed by atoms with E-state index in [2.05, 4.69) is 15.1 Å². The van der Waals surface area contributed by atoms with Crippen LogP contribution in [0.15, 0.2) is 31.0 Å². The van der Waals surface area contributed by atoms with Crippen LogP contribution in [0.25, 0.3) is 5.82 Å². The summed E-state index contributed by atoms with van der Waals surface area (Å²) in [6, 6.07) is 3.39. The first-order valence-corrected chi connectivity index (χ1v) is 7.94. The molecule has 0 bridgehead atoms. The lowest BCUT2D eigenvalue weighted by Gasteiger charge is -2.23. The zero-order valence-electron chi connectivity index (χ0n) is 13.0. The Morgan fingerprint density at radius 1 is 1.33 bits per heavy atom. The molecular formula is C16H17N5O3. The molecule has 2 fully saturated rings. The molecule has 2 aliphatic rings. The number of likely N-dealkylation sites (tertiary alicyclic amines) is 1. The predicted octanol–water partition coefficient (Wildman–Crippen LogP) is 0.989. The van der Waals surface area contributed by atoms with Crippen molar-refractivity contribution >= 4 is 11.9 Å². The number of carboxylic acids is 1. The van der Waals surface area contributed by atoms with Crippen molar-refractivity contribution in [3.8, 4) is 5.82 Å². The monoisotopic (exact) mass is 327 g/mol. The van der Waals surface area contributed by atoms with E-state index in [1.807, 2.05) is 0 Å². The van der Waals surface area contributed by atoms with Gasteiger partial charge in [-0.25, -0.2) is 14.6 Å². The molecule has 1 aliphatic carbocycles. The van der Waals surface area contributed by atoms with E-state index in [0.29, 0.717) is 24.3 Å². The molecule has 3 heterocycles. The van der Waals surface area contributed by atoms with E-state index < -0.39 is 11.4 Å². The van der Waals surface area contributed by atoms with Crippen LogP contribution in [0.2, 0.25) is 0 Å². The van der Waals surface area contributed by atoms with Crippen molar-refractivity contribution in [3.05, 3.63) is 36.5 Å². The molecule has 2 aromatic rings. The Hall–Kier alpha value is -2.77.